The average molecular weight is 276 g/mol. The molecule has 4 heteroatoms. The molecule has 1 heterocycles. The van der Waals surface area contributed by atoms with Crippen molar-refractivity contribution in [1.82, 2.24) is 10.3 Å². The Bertz CT molecular complexity index is 511. The quantitative estimate of drug-likeness (QED) is 0.790. The summed E-state index contributed by atoms with van der Waals surface area (Å²) in [6, 6.07) is 3.90. The van der Waals surface area contributed by atoms with Gasteiger partial charge in [-0.25, -0.2) is 0 Å². The lowest BCUT2D eigenvalue weighted by Crippen LogP contribution is -2.37. The van der Waals surface area contributed by atoms with Gasteiger partial charge in [0.1, 0.15) is 0 Å². The summed E-state index contributed by atoms with van der Waals surface area (Å²) < 4.78 is 0. The van der Waals surface area contributed by atoms with Crippen molar-refractivity contribution in [3.63, 3.8) is 0 Å². The van der Waals surface area contributed by atoms with Gasteiger partial charge >= 0.3 is 0 Å². The molecule has 1 aromatic rings. The van der Waals surface area contributed by atoms with Gasteiger partial charge in [-0.15, -0.1) is 0 Å². The molecule has 0 saturated heterocycles. The van der Waals surface area contributed by atoms with Crippen molar-refractivity contribution in [1.29, 1.82) is 0 Å². The fourth-order valence-electron chi connectivity index (χ4n) is 3.63. The predicted octanol–water partition coefficient (Wildman–Crippen LogP) is 1.89. The van der Waals surface area contributed by atoms with E-state index in [4.69, 9.17) is 0 Å². The SMILES string of the molecule is O=c1ccc2c([nH]1)CCCC2NCC1CCCCC1O. The number of fused-ring (bicyclic) bond motifs is 1. The molecule has 3 N–H and O–H groups in total. The van der Waals surface area contributed by atoms with Crippen LogP contribution in [0.5, 0.6) is 0 Å². The summed E-state index contributed by atoms with van der Waals surface area (Å²) >= 11 is 0. The molecule has 1 fully saturated rings. The maximum atomic E-state index is 11.4. The number of pyridine rings is 1. The van der Waals surface area contributed by atoms with Crippen molar-refractivity contribution in [3.8, 4) is 0 Å². The molecule has 3 rings (SSSR count). The van der Waals surface area contributed by atoms with Gasteiger partial charge in [0.2, 0.25) is 5.56 Å². The zero-order valence-electron chi connectivity index (χ0n) is 11.9. The highest BCUT2D eigenvalue weighted by atomic mass is 16.3. The van der Waals surface area contributed by atoms with Gasteiger partial charge in [0, 0.05) is 24.3 Å². The van der Waals surface area contributed by atoms with Crippen molar-refractivity contribution in [2.45, 2.75) is 57.1 Å². The minimum Gasteiger partial charge on any atom is -0.393 e. The monoisotopic (exact) mass is 276 g/mol. The van der Waals surface area contributed by atoms with Crippen LogP contribution in [-0.4, -0.2) is 22.7 Å². The second-order valence-corrected chi connectivity index (χ2v) is 6.22. The number of hydrogen-bond acceptors (Lipinski definition) is 3. The molecule has 3 unspecified atom stereocenters. The minimum absolute atomic E-state index is 0.00731. The van der Waals surface area contributed by atoms with Crippen LogP contribution in [0, 0.1) is 5.92 Å². The largest absolute Gasteiger partial charge is 0.393 e. The maximum absolute atomic E-state index is 11.4. The van der Waals surface area contributed by atoms with E-state index in [2.05, 4.69) is 10.3 Å². The third kappa shape index (κ3) is 2.96. The second-order valence-electron chi connectivity index (χ2n) is 6.22. The normalized spacial score (nSPS) is 29.9. The van der Waals surface area contributed by atoms with E-state index < -0.39 is 0 Å². The molecule has 0 aliphatic heterocycles. The summed E-state index contributed by atoms with van der Waals surface area (Å²) in [4.78, 5) is 14.3. The molecule has 3 atom stereocenters. The molecule has 0 bridgehead atoms. The van der Waals surface area contributed by atoms with Crippen LogP contribution >= 0.6 is 0 Å². The number of aromatic nitrogens is 1. The zero-order valence-corrected chi connectivity index (χ0v) is 11.9. The van der Waals surface area contributed by atoms with Gasteiger partial charge in [-0.1, -0.05) is 18.9 Å². The van der Waals surface area contributed by atoms with Gasteiger partial charge in [-0.2, -0.15) is 0 Å². The molecule has 2 aliphatic carbocycles. The molecule has 1 aromatic heterocycles. The second kappa shape index (κ2) is 6.10. The molecule has 2 aliphatic rings. The minimum atomic E-state index is -0.144. The number of aromatic amines is 1. The average Bonchev–Trinajstić information content (AvgIpc) is 2.46. The lowest BCUT2D eigenvalue weighted by molar-refractivity contribution is 0.0677. The number of H-pyrrole nitrogens is 1. The standard InChI is InChI=1S/C16H24N2O2/c19-15-7-2-1-4-11(15)10-17-13-5-3-6-14-12(13)8-9-16(20)18-14/h8-9,11,13,15,17,19H,1-7,10H2,(H,18,20). The predicted molar refractivity (Wildman–Crippen MR) is 78.7 cm³/mol. The highest BCUT2D eigenvalue weighted by Crippen LogP contribution is 2.29. The van der Waals surface area contributed by atoms with Crippen LogP contribution in [0.25, 0.3) is 0 Å². The zero-order chi connectivity index (χ0) is 13.9. The van der Waals surface area contributed by atoms with Crippen molar-refractivity contribution < 1.29 is 5.11 Å². The number of rotatable bonds is 3. The Hall–Kier alpha value is -1.13. The van der Waals surface area contributed by atoms with E-state index in [1.807, 2.05) is 6.07 Å². The summed E-state index contributed by atoms with van der Waals surface area (Å²) in [6.07, 6.45) is 7.51. The molecule has 0 aromatic carbocycles. The van der Waals surface area contributed by atoms with Crippen LogP contribution in [0.1, 0.15) is 55.8 Å². The highest BCUT2D eigenvalue weighted by molar-refractivity contribution is 5.26. The molecular weight excluding hydrogens is 252 g/mol. The van der Waals surface area contributed by atoms with E-state index in [9.17, 15) is 9.90 Å². The van der Waals surface area contributed by atoms with Crippen LogP contribution in [0.15, 0.2) is 16.9 Å². The summed E-state index contributed by atoms with van der Waals surface area (Å²) in [7, 11) is 0. The fraction of sp³-hybridized carbons (Fsp3) is 0.688. The molecule has 4 nitrogen and oxygen atoms in total. The third-order valence-electron chi connectivity index (χ3n) is 4.83. The molecule has 1 saturated carbocycles. The van der Waals surface area contributed by atoms with Crippen molar-refractivity contribution in [2.24, 2.45) is 5.92 Å². The molecule has 0 amide bonds. The van der Waals surface area contributed by atoms with Crippen LogP contribution in [-0.2, 0) is 6.42 Å². The van der Waals surface area contributed by atoms with E-state index in [1.165, 1.54) is 12.0 Å². The van der Waals surface area contributed by atoms with Gasteiger partial charge in [0.05, 0.1) is 6.10 Å². The van der Waals surface area contributed by atoms with E-state index in [1.54, 1.807) is 6.07 Å². The van der Waals surface area contributed by atoms with Gasteiger partial charge in [0.15, 0.2) is 0 Å². The Labute approximate surface area is 119 Å². The van der Waals surface area contributed by atoms with Crippen molar-refractivity contribution in [2.75, 3.05) is 6.54 Å². The Balaban J connectivity index is 1.65. The first-order valence-corrected chi connectivity index (χ1v) is 7.87. The first-order chi connectivity index (χ1) is 9.74. The number of hydrogen-bond donors (Lipinski definition) is 3. The van der Waals surface area contributed by atoms with Crippen LogP contribution in [0.2, 0.25) is 0 Å². The Kier molecular flexibility index (Phi) is 4.22. The summed E-state index contributed by atoms with van der Waals surface area (Å²) in [6.45, 7) is 0.879. The van der Waals surface area contributed by atoms with Crippen molar-refractivity contribution >= 4 is 0 Å². The number of aryl methyl sites for hydroxylation is 1. The van der Waals surface area contributed by atoms with E-state index in [0.29, 0.717) is 12.0 Å². The fourth-order valence-corrected chi connectivity index (χ4v) is 3.63. The number of aliphatic hydroxyl groups is 1. The van der Waals surface area contributed by atoms with Gasteiger partial charge in [-0.3, -0.25) is 4.79 Å². The first kappa shape index (κ1) is 13.8. The van der Waals surface area contributed by atoms with E-state index >= 15 is 0 Å². The summed E-state index contributed by atoms with van der Waals surface area (Å²) in [5.41, 5.74) is 2.32. The van der Waals surface area contributed by atoms with E-state index in [0.717, 1.165) is 50.8 Å². The van der Waals surface area contributed by atoms with Crippen LogP contribution in [0.4, 0.5) is 0 Å². The Morgan fingerprint density at radius 2 is 2.05 bits per heavy atom. The lowest BCUT2D eigenvalue weighted by Gasteiger charge is -2.31. The topological polar surface area (TPSA) is 65.1 Å². The number of nitrogens with one attached hydrogen (secondary N) is 2. The Morgan fingerprint density at radius 3 is 2.90 bits per heavy atom. The van der Waals surface area contributed by atoms with Crippen LogP contribution in [0.3, 0.4) is 0 Å². The van der Waals surface area contributed by atoms with E-state index in [-0.39, 0.29) is 11.7 Å². The number of aliphatic hydroxyl groups excluding tert-OH is 1. The van der Waals surface area contributed by atoms with Gasteiger partial charge in [-0.05, 0) is 43.6 Å². The molecule has 20 heavy (non-hydrogen) atoms. The summed E-state index contributed by atoms with van der Waals surface area (Å²) in [5, 5.41) is 13.7. The van der Waals surface area contributed by atoms with Crippen molar-refractivity contribution in [3.05, 3.63) is 33.7 Å². The highest BCUT2D eigenvalue weighted by Gasteiger charge is 2.25. The van der Waals surface area contributed by atoms with Gasteiger partial charge in [0.25, 0.3) is 0 Å². The smallest absolute Gasteiger partial charge is 0.248 e. The summed E-state index contributed by atoms with van der Waals surface area (Å²) in [5.74, 6) is 0.386. The third-order valence-corrected chi connectivity index (χ3v) is 4.83. The Morgan fingerprint density at radius 1 is 1.20 bits per heavy atom. The maximum Gasteiger partial charge on any atom is 0.248 e. The molecule has 0 radical (unpaired) electrons. The molecular formula is C16H24N2O2. The molecule has 110 valence electrons. The van der Waals surface area contributed by atoms with Gasteiger partial charge < -0.3 is 15.4 Å². The lowest BCUT2D eigenvalue weighted by atomic mass is 9.85. The van der Waals surface area contributed by atoms with Crippen LogP contribution < -0.4 is 10.9 Å². The first-order valence-electron chi connectivity index (χ1n) is 7.87. The molecule has 0 spiro atoms.